The van der Waals surface area contributed by atoms with Gasteiger partial charge in [0, 0.05) is 6.54 Å². The van der Waals surface area contributed by atoms with Gasteiger partial charge in [-0.15, -0.1) is 0 Å². The van der Waals surface area contributed by atoms with Crippen LogP contribution in [-0.2, 0) is 4.74 Å². The molecule has 2 atom stereocenters. The second-order valence-electron chi connectivity index (χ2n) is 7.27. The van der Waals surface area contributed by atoms with Gasteiger partial charge in [0.05, 0.1) is 0 Å². The monoisotopic (exact) mass is 316 g/mol. The maximum atomic E-state index is 11.7. The summed E-state index contributed by atoms with van der Waals surface area (Å²) in [7, 11) is 0. The van der Waals surface area contributed by atoms with Crippen LogP contribution in [0.15, 0.2) is 0 Å². The first-order valence-electron chi connectivity index (χ1n) is 8.03. The highest BCUT2D eigenvalue weighted by atomic mass is 32.2. The first-order chi connectivity index (χ1) is 9.78. The van der Waals surface area contributed by atoms with E-state index in [0.717, 1.165) is 19.0 Å². The van der Waals surface area contributed by atoms with Crippen LogP contribution in [0.4, 0.5) is 4.79 Å². The van der Waals surface area contributed by atoms with Crippen LogP contribution >= 0.6 is 11.8 Å². The molecule has 1 amide bonds. The molecule has 1 saturated heterocycles. The Kier molecular flexibility index (Phi) is 7.88. The summed E-state index contributed by atoms with van der Waals surface area (Å²) in [5, 5.41) is 6.47. The Bertz CT molecular complexity index is 310. The molecule has 0 saturated carbocycles. The molecule has 0 bridgehead atoms. The molecule has 1 fully saturated rings. The predicted octanol–water partition coefficient (Wildman–Crippen LogP) is 3.13. The van der Waals surface area contributed by atoms with Crippen molar-refractivity contribution in [1.82, 2.24) is 10.6 Å². The summed E-state index contributed by atoms with van der Waals surface area (Å²) < 4.78 is 5.28. The number of nitrogens with one attached hydrogen (secondary N) is 2. The molecule has 0 radical (unpaired) electrons. The van der Waals surface area contributed by atoms with Crippen molar-refractivity contribution in [2.75, 3.05) is 31.1 Å². The van der Waals surface area contributed by atoms with Crippen LogP contribution in [0.3, 0.4) is 0 Å². The average molecular weight is 317 g/mol. The Morgan fingerprint density at radius 3 is 2.57 bits per heavy atom. The zero-order chi connectivity index (χ0) is 15.9. The lowest BCUT2D eigenvalue weighted by Gasteiger charge is -2.24. The van der Waals surface area contributed by atoms with Gasteiger partial charge in [-0.3, -0.25) is 0 Å². The third-order valence-electron chi connectivity index (χ3n) is 3.71. The van der Waals surface area contributed by atoms with Gasteiger partial charge in [0.25, 0.3) is 0 Å². The molecule has 1 heterocycles. The van der Waals surface area contributed by atoms with E-state index < -0.39 is 5.60 Å². The van der Waals surface area contributed by atoms with Crippen molar-refractivity contribution in [3.8, 4) is 0 Å². The maximum absolute atomic E-state index is 11.7. The number of carbonyl (C=O) groups excluding carboxylic acids is 1. The minimum atomic E-state index is -0.435. The zero-order valence-corrected chi connectivity index (χ0v) is 15.0. The number of rotatable bonds is 7. The minimum absolute atomic E-state index is 0.319. The fourth-order valence-electron chi connectivity index (χ4n) is 2.29. The lowest BCUT2D eigenvalue weighted by molar-refractivity contribution is 0.0515. The molecule has 21 heavy (non-hydrogen) atoms. The van der Waals surface area contributed by atoms with E-state index in [0.29, 0.717) is 18.4 Å². The molecule has 1 aliphatic rings. The van der Waals surface area contributed by atoms with E-state index in [9.17, 15) is 4.79 Å². The van der Waals surface area contributed by atoms with Gasteiger partial charge >= 0.3 is 6.09 Å². The van der Waals surface area contributed by atoms with Gasteiger partial charge in [-0.1, -0.05) is 13.8 Å². The Balaban J connectivity index is 2.24. The van der Waals surface area contributed by atoms with Crippen LogP contribution in [0.5, 0.6) is 0 Å². The molecular formula is C16H32N2O2S. The molecule has 4 nitrogen and oxygen atoms in total. The highest BCUT2D eigenvalue weighted by Gasteiger charge is 2.20. The Morgan fingerprint density at radius 1 is 1.33 bits per heavy atom. The van der Waals surface area contributed by atoms with E-state index in [1.54, 1.807) is 0 Å². The molecule has 0 aliphatic carbocycles. The number of hydrogen-bond donors (Lipinski definition) is 2. The molecular weight excluding hydrogens is 284 g/mol. The van der Waals surface area contributed by atoms with Crippen molar-refractivity contribution in [1.29, 1.82) is 0 Å². The highest BCUT2D eigenvalue weighted by Crippen LogP contribution is 2.22. The SMILES string of the molecule is CC(C)C(CNCC1CCSC1)CNC(=O)OC(C)(C)C. The number of amides is 1. The molecule has 0 aromatic rings. The Labute approximate surface area is 134 Å². The van der Waals surface area contributed by atoms with Gasteiger partial charge in [-0.2, -0.15) is 11.8 Å². The minimum Gasteiger partial charge on any atom is -0.444 e. The molecule has 0 aromatic carbocycles. The molecule has 2 N–H and O–H groups in total. The van der Waals surface area contributed by atoms with E-state index in [1.807, 2.05) is 20.8 Å². The average Bonchev–Trinajstić information content (AvgIpc) is 2.83. The van der Waals surface area contributed by atoms with Crippen molar-refractivity contribution < 1.29 is 9.53 Å². The number of ether oxygens (including phenoxy) is 1. The first kappa shape index (κ1) is 18.6. The summed E-state index contributed by atoms with van der Waals surface area (Å²) in [4.78, 5) is 11.7. The second-order valence-corrected chi connectivity index (χ2v) is 8.42. The van der Waals surface area contributed by atoms with Gasteiger partial charge in [0.15, 0.2) is 0 Å². The second kappa shape index (κ2) is 8.89. The number of hydrogen-bond acceptors (Lipinski definition) is 4. The van der Waals surface area contributed by atoms with Crippen molar-refractivity contribution in [3.63, 3.8) is 0 Å². The largest absolute Gasteiger partial charge is 0.444 e. The third-order valence-corrected chi connectivity index (χ3v) is 4.95. The third kappa shape index (κ3) is 8.57. The van der Waals surface area contributed by atoms with Crippen LogP contribution < -0.4 is 10.6 Å². The molecule has 0 aromatic heterocycles. The number of alkyl carbamates (subject to hydrolysis) is 1. The first-order valence-corrected chi connectivity index (χ1v) is 9.18. The molecule has 0 spiro atoms. The van der Waals surface area contributed by atoms with Crippen LogP contribution in [0.25, 0.3) is 0 Å². The lowest BCUT2D eigenvalue weighted by Crippen LogP contribution is -2.40. The molecule has 2 unspecified atom stereocenters. The quantitative estimate of drug-likeness (QED) is 0.758. The normalized spacial score (nSPS) is 20.6. The summed E-state index contributed by atoms with van der Waals surface area (Å²) in [5.74, 6) is 4.38. The van der Waals surface area contributed by atoms with Gasteiger partial charge in [0.1, 0.15) is 5.60 Å². The summed E-state index contributed by atoms with van der Waals surface area (Å²) in [5.41, 5.74) is -0.435. The van der Waals surface area contributed by atoms with Crippen LogP contribution in [0, 0.1) is 17.8 Å². The smallest absolute Gasteiger partial charge is 0.407 e. The van der Waals surface area contributed by atoms with Gasteiger partial charge in [-0.05, 0) is 69.5 Å². The summed E-state index contributed by atoms with van der Waals surface area (Å²) in [6.45, 7) is 12.8. The van der Waals surface area contributed by atoms with E-state index in [1.165, 1.54) is 17.9 Å². The Hall–Kier alpha value is -0.420. The van der Waals surface area contributed by atoms with E-state index in [4.69, 9.17) is 4.74 Å². The van der Waals surface area contributed by atoms with Crippen molar-refractivity contribution in [2.24, 2.45) is 17.8 Å². The summed E-state index contributed by atoms with van der Waals surface area (Å²) in [6, 6.07) is 0. The van der Waals surface area contributed by atoms with Crippen LogP contribution in [0.2, 0.25) is 0 Å². The molecule has 1 aliphatic heterocycles. The van der Waals surface area contributed by atoms with Crippen molar-refractivity contribution in [3.05, 3.63) is 0 Å². The van der Waals surface area contributed by atoms with E-state index in [-0.39, 0.29) is 6.09 Å². The van der Waals surface area contributed by atoms with Crippen molar-refractivity contribution >= 4 is 17.9 Å². The number of thioether (sulfide) groups is 1. The lowest BCUT2D eigenvalue weighted by atomic mass is 9.95. The Morgan fingerprint density at radius 2 is 2.05 bits per heavy atom. The number of carbonyl (C=O) groups is 1. The fraction of sp³-hybridized carbons (Fsp3) is 0.938. The molecule has 5 heteroatoms. The summed E-state index contributed by atoms with van der Waals surface area (Å²) >= 11 is 2.05. The maximum Gasteiger partial charge on any atom is 0.407 e. The van der Waals surface area contributed by atoms with Crippen molar-refractivity contribution in [2.45, 2.75) is 46.6 Å². The van der Waals surface area contributed by atoms with Gasteiger partial charge in [0.2, 0.25) is 0 Å². The van der Waals surface area contributed by atoms with Gasteiger partial charge < -0.3 is 15.4 Å². The molecule has 124 valence electrons. The standard InChI is InChI=1S/C16H32N2O2S/c1-12(2)14(9-17-8-13-6-7-21-11-13)10-18-15(19)20-16(3,4)5/h12-14,17H,6-11H2,1-5H3,(H,18,19). The zero-order valence-electron chi connectivity index (χ0n) is 14.2. The predicted molar refractivity (Wildman–Crippen MR) is 90.9 cm³/mol. The highest BCUT2D eigenvalue weighted by molar-refractivity contribution is 7.99. The topological polar surface area (TPSA) is 50.4 Å². The van der Waals surface area contributed by atoms with Crippen LogP contribution in [0.1, 0.15) is 41.0 Å². The van der Waals surface area contributed by atoms with E-state index >= 15 is 0 Å². The van der Waals surface area contributed by atoms with E-state index in [2.05, 4.69) is 36.2 Å². The summed E-state index contributed by atoms with van der Waals surface area (Å²) in [6.07, 6.45) is 1.01. The van der Waals surface area contributed by atoms with Gasteiger partial charge in [-0.25, -0.2) is 4.79 Å². The molecule has 1 rings (SSSR count). The van der Waals surface area contributed by atoms with Crippen LogP contribution in [-0.4, -0.2) is 42.8 Å². The fourth-order valence-corrected chi connectivity index (χ4v) is 3.57.